The van der Waals surface area contributed by atoms with Gasteiger partial charge in [0.2, 0.25) is 0 Å². The highest BCUT2D eigenvalue weighted by Gasteiger charge is 2.56. The van der Waals surface area contributed by atoms with E-state index in [9.17, 15) is 0 Å². The van der Waals surface area contributed by atoms with E-state index in [0.29, 0.717) is 23.5 Å². The minimum atomic E-state index is 0.339. The lowest BCUT2D eigenvalue weighted by molar-refractivity contribution is -0.125. The van der Waals surface area contributed by atoms with Gasteiger partial charge in [0.05, 0.1) is 6.10 Å². The lowest BCUT2D eigenvalue weighted by Gasteiger charge is -2.54. The van der Waals surface area contributed by atoms with E-state index in [-0.39, 0.29) is 0 Å². The Bertz CT molecular complexity index is 271. The van der Waals surface area contributed by atoms with Crippen LogP contribution in [0.2, 0.25) is 0 Å². The topological polar surface area (TPSA) is 59.6 Å². The van der Waals surface area contributed by atoms with E-state index in [2.05, 4.69) is 17.2 Å². The quantitative estimate of drug-likeness (QED) is 0.561. The highest BCUT2D eigenvalue weighted by atomic mass is 16.5. The van der Waals surface area contributed by atoms with Crippen molar-refractivity contribution in [1.29, 1.82) is 0 Å². The van der Waals surface area contributed by atoms with E-state index in [1.807, 2.05) is 0 Å². The van der Waals surface area contributed by atoms with E-state index < -0.39 is 0 Å². The predicted octanol–water partition coefficient (Wildman–Crippen LogP) is 1.26. The Morgan fingerprint density at radius 3 is 2.75 bits per heavy atom. The molecule has 4 nitrogen and oxygen atoms in total. The number of ether oxygens (including phenoxy) is 1. The average molecular weight is 225 g/mol. The molecule has 0 saturated heterocycles. The third-order valence-corrected chi connectivity index (χ3v) is 4.25. The van der Waals surface area contributed by atoms with Crippen molar-refractivity contribution in [1.82, 2.24) is 5.32 Å². The summed E-state index contributed by atoms with van der Waals surface area (Å²) >= 11 is 0. The van der Waals surface area contributed by atoms with Crippen LogP contribution in [-0.2, 0) is 4.74 Å². The molecule has 2 rings (SSSR count). The molecule has 2 aliphatic carbocycles. The van der Waals surface area contributed by atoms with Crippen LogP contribution in [0.3, 0.4) is 0 Å². The molecule has 16 heavy (non-hydrogen) atoms. The SMILES string of the molecule is CCOC1CC(NC(N)=NC)C12CCCC2. The molecule has 2 unspecified atom stereocenters. The van der Waals surface area contributed by atoms with Gasteiger partial charge in [-0.05, 0) is 26.2 Å². The molecule has 0 radical (unpaired) electrons. The van der Waals surface area contributed by atoms with Crippen LogP contribution >= 0.6 is 0 Å². The zero-order chi connectivity index (χ0) is 11.6. The summed E-state index contributed by atoms with van der Waals surface area (Å²) in [6.07, 6.45) is 6.70. The number of nitrogens with two attached hydrogens (primary N) is 1. The standard InChI is InChI=1S/C12H23N3O/c1-3-16-10-8-9(15-11(13)14-2)12(10)6-4-5-7-12/h9-10H,3-8H2,1-2H3,(H3,13,14,15). The van der Waals surface area contributed by atoms with Crippen molar-refractivity contribution in [2.75, 3.05) is 13.7 Å². The van der Waals surface area contributed by atoms with Gasteiger partial charge in [0.15, 0.2) is 5.96 Å². The number of hydrogen-bond donors (Lipinski definition) is 2. The molecule has 2 saturated carbocycles. The molecule has 0 bridgehead atoms. The Balaban J connectivity index is 2.00. The van der Waals surface area contributed by atoms with Gasteiger partial charge in [-0.1, -0.05) is 12.8 Å². The van der Waals surface area contributed by atoms with Gasteiger partial charge in [0, 0.05) is 25.1 Å². The summed E-state index contributed by atoms with van der Waals surface area (Å²) in [4.78, 5) is 3.98. The van der Waals surface area contributed by atoms with E-state index >= 15 is 0 Å². The Morgan fingerprint density at radius 1 is 1.50 bits per heavy atom. The van der Waals surface area contributed by atoms with Crippen LogP contribution in [0.1, 0.15) is 39.0 Å². The van der Waals surface area contributed by atoms with Gasteiger partial charge < -0.3 is 15.8 Å². The Kier molecular flexibility index (Phi) is 3.38. The van der Waals surface area contributed by atoms with Gasteiger partial charge in [0.1, 0.15) is 0 Å². The van der Waals surface area contributed by atoms with Crippen LogP contribution in [0.15, 0.2) is 4.99 Å². The number of nitrogens with one attached hydrogen (secondary N) is 1. The normalized spacial score (nSPS) is 32.8. The summed E-state index contributed by atoms with van der Waals surface area (Å²) in [7, 11) is 1.72. The lowest BCUT2D eigenvalue weighted by atomic mass is 9.60. The number of aliphatic imine (C=N–C) groups is 1. The van der Waals surface area contributed by atoms with Crippen LogP contribution in [0.5, 0.6) is 0 Å². The zero-order valence-corrected chi connectivity index (χ0v) is 10.3. The summed E-state index contributed by atoms with van der Waals surface area (Å²) < 4.78 is 5.84. The van der Waals surface area contributed by atoms with Crippen LogP contribution in [0.4, 0.5) is 0 Å². The first-order chi connectivity index (χ1) is 7.73. The van der Waals surface area contributed by atoms with Crippen molar-refractivity contribution in [3.05, 3.63) is 0 Å². The highest BCUT2D eigenvalue weighted by molar-refractivity contribution is 5.78. The minimum absolute atomic E-state index is 0.339. The van der Waals surface area contributed by atoms with Crippen molar-refractivity contribution < 1.29 is 4.74 Å². The summed E-state index contributed by atoms with van der Waals surface area (Å²) in [6.45, 7) is 2.89. The maximum absolute atomic E-state index is 5.84. The van der Waals surface area contributed by atoms with E-state index in [1.54, 1.807) is 7.05 Å². The van der Waals surface area contributed by atoms with Crippen LogP contribution < -0.4 is 11.1 Å². The Morgan fingerprint density at radius 2 is 2.19 bits per heavy atom. The number of rotatable bonds is 3. The van der Waals surface area contributed by atoms with Gasteiger partial charge in [-0.3, -0.25) is 4.99 Å². The second-order valence-corrected chi connectivity index (χ2v) is 4.93. The van der Waals surface area contributed by atoms with Crippen LogP contribution in [0.25, 0.3) is 0 Å². The van der Waals surface area contributed by atoms with Crippen LogP contribution in [0, 0.1) is 5.41 Å². The van der Waals surface area contributed by atoms with E-state index in [4.69, 9.17) is 10.5 Å². The third-order valence-electron chi connectivity index (χ3n) is 4.25. The second kappa shape index (κ2) is 4.62. The largest absolute Gasteiger partial charge is 0.378 e. The summed E-state index contributed by atoms with van der Waals surface area (Å²) in [5.74, 6) is 0.561. The molecule has 4 heteroatoms. The molecule has 2 fully saturated rings. The maximum Gasteiger partial charge on any atom is 0.188 e. The summed E-state index contributed by atoms with van der Waals surface area (Å²) in [5, 5.41) is 3.33. The van der Waals surface area contributed by atoms with Crippen LogP contribution in [-0.4, -0.2) is 31.8 Å². The first-order valence-electron chi connectivity index (χ1n) is 6.33. The van der Waals surface area contributed by atoms with E-state index in [1.165, 1.54) is 25.7 Å². The molecule has 0 aromatic carbocycles. The molecular weight excluding hydrogens is 202 g/mol. The second-order valence-electron chi connectivity index (χ2n) is 4.93. The minimum Gasteiger partial charge on any atom is -0.378 e. The predicted molar refractivity (Wildman–Crippen MR) is 65.4 cm³/mol. The molecular formula is C12H23N3O. The first kappa shape index (κ1) is 11.7. The smallest absolute Gasteiger partial charge is 0.188 e. The summed E-state index contributed by atoms with van der Waals surface area (Å²) in [5.41, 5.74) is 6.09. The maximum atomic E-state index is 5.84. The summed E-state index contributed by atoms with van der Waals surface area (Å²) in [6, 6.07) is 0.468. The molecule has 0 aromatic heterocycles. The van der Waals surface area contributed by atoms with Crippen molar-refractivity contribution in [3.63, 3.8) is 0 Å². The Labute approximate surface area is 97.6 Å². The lowest BCUT2D eigenvalue weighted by Crippen LogP contribution is -2.64. The number of guanidine groups is 1. The molecule has 2 atom stereocenters. The van der Waals surface area contributed by atoms with Gasteiger partial charge >= 0.3 is 0 Å². The van der Waals surface area contributed by atoms with Gasteiger partial charge in [0.25, 0.3) is 0 Å². The van der Waals surface area contributed by atoms with Gasteiger partial charge in [-0.2, -0.15) is 0 Å². The van der Waals surface area contributed by atoms with Gasteiger partial charge in [-0.15, -0.1) is 0 Å². The molecule has 3 N–H and O–H groups in total. The molecule has 0 heterocycles. The number of nitrogens with zero attached hydrogens (tertiary/aromatic N) is 1. The molecule has 1 spiro atoms. The molecule has 0 amide bonds. The van der Waals surface area contributed by atoms with Crippen molar-refractivity contribution in [2.45, 2.75) is 51.2 Å². The zero-order valence-electron chi connectivity index (χ0n) is 10.3. The number of hydrogen-bond acceptors (Lipinski definition) is 2. The Hall–Kier alpha value is -0.770. The molecule has 2 aliphatic rings. The third kappa shape index (κ3) is 1.79. The van der Waals surface area contributed by atoms with Crippen molar-refractivity contribution in [2.24, 2.45) is 16.1 Å². The fraction of sp³-hybridized carbons (Fsp3) is 0.917. The van der Waals surface area contributed by atoms with E-state index in [0.717, 1.165) is 13.0 Å². The monoisotopic (exact) mass is 225 g/mol. The fourth-order valence-corrected chi connectivity index (χ4v) is 3.33. The molecule has 0 aromatic rings. The highest BCUT2D eigenvalue weighted by Crippen LogP contribution is 2.54. The molecule has 0 aliphatic heterocycles. The van der Waals surface area contributed by atoms with Crippen molar-refractivity contribution in [3.8, 4) is 0 Å². The average Bonchev–Trinajstić information content (AvgIpc) is 2.79. The molecule has 92 valence electrons. The first-order valence-corrected chi connectivity index (χ1v) is 6.33. The fourth-order valence-electron chi connectivity index (χ4n) is 3.33. The van der Waals surface area contributed by atoms with Gasteiger partial charge in [-0.25, -0.2) is 0 Å². The van der Waals surface area contributed by atoms with Crippen molar-refractivity contribution >= 4 is 5.96 Å².